The first-order valence-corrected chi connectivity index (χ1v) is 7.71. The van der Waals surface area contributed by atoms with Crippen LogP contribution in [0.1, 0.15) is 44.8 Å². The normalized spacial score (nSPS) is 12.9. The minimum absolute atomic E-state index is 0.448. The molecule has 1 aromatic carbocycles. The number of hydrogen-bond acceptors (Lipinski definition) is 2. The summed E-state index contributed by atoms with van der Waals surface area (Å²) in [4.78, 5) is 4.71. The Balaban J connectivity index is 1.95. The van der Waals surface area contributed by atoms with Gasteiger partial charge in [0.25, 0.3) is 0 Å². The molecule has 0 spiro atoms. The van der Waals surface area contributed by atoms with Crippen molar-refractivity contribution >= 4 is 11.0 Å². The van der Waals surface area contributed by atoms with Gasteiger partial charge in [-0.2, -0.15) is 5.10 Å². The van der Waals surface area contributed by atoms with E-state index in [1.807, 2.05) is 6.07 Å². The number of rotatable bonds is 5. The number of nitrogens with zero attached hydrogens (tertiary/aromatic N) is 4. The van der Waals surface area contributed by atoms with Gasteiger partial charge >= 0.3 is 0 Å². The van der Waals surface area contributed by atoms with Crippen LogP contribution < -0.4 is 0 Å². The highest BCUT2D eigenvalue weighted by Gasteiger charge is 2.11. The zero-order valence-electron chi connectivity index (χ0n) is 13.0. The molecule has 0 radical (unpaired) electrons. The molecule has 3 rings (SSSR count). The third-order valence-corrected chi connectivity index (χ3v) is 4.08. The monoisotopic (exact) mass is 282 g/mol. The largest absolute Gasteiger partial charge is 0.322 e. The molecular weight excluding hydrogens is 260 g/mol. The van der Waals surface area contributed by atoms with E-state index in [4.69, 9.17) is 10.1 Å². The van der Waals surface area contributed by atoms with Crippen LogP contribution in [-0.4, -0.2) is 19.3 Å². The van der Waals surface area contributed by atoms with Crippen molar-refractivity contribution in [1.29, 1.82) is 0 Å². The molecule has 1 atom stereocenters. The van der Waals surface area contributed by atoms with Gasteiger partial charge in [0, 0.05) is 18.7 Å². The van der Waals surface area contributed by atoms with Crippen molar-refractivity contribution in [2.45, 2.75) is 46.2 Å². The van der Waals surface area contributed by atoms with Gasteiger partial charge < -0.3 is 4.57 Å². The predicted molar refractivity (Wildman–Crippen MR) is 85.4 cm³/mol. The van der Waals surface area contributed by atoms with Crippen molar-refractivity contribution in [2.75, 3.05) is 0 Å². The second-order valence-corrected chi connectivity index (χ2v) is 5.50. The number of fused-ring (bicyclic) bond motifs is 1. The molecule has 0 bridgehead atoms. The summed E-state index contributed by atoms with van der Waals surface area (Å²) in [7, 11) is 0. The Morgan fingerprint density at radius 3 is 2.71 bits per heavy atom. The average molecular weight is 282 g/mol. The smallest absolute Gasteiger partial charge is 0.109 e. The van der Waals surface area contributed by atoms with Crippen LogP contribution in [0.5, 0.6) is 0 Å². The minimum Gasteiger partial charge on any atom is -0.322 e. The zero-order valence-corrected chi connectivity index (χ0v) is 13.0. The Morgan fingerprint density at radius 1 is 1.14 bits per heavy atom. The number of para-hydroxylation sites is 2. The fraction of sp³-hybridized carbons (Fsp3) is 0.412. The first-order chi connectivity index (χ1) is 10.2. The molecule has 110 valence electrons. The molecule has 1 unspecified atom stereocenters. The van der Waals surface area contributed by atoms with Crippen molar-refractivity contribution in [2.24, 2.45) is 0 Å². The van der Waals surface area contributed by atoms with E-state index in [9.17, 15) is 0 Å². The van der Waals surface area contributed by atoms with Gasteiger partial charge in [-0.05, 0) is 31.5 Å². The lowest BCUT2D eigenvalue weighted by Crippen LogP contribution is -2.08. The third-order valence-electron chi connectivity index (χ3n) is 4.08. The Morgan fingerprint density at radius 2 is 1.95 bits per heavy atom. The highest BCUT2D eigenvalue weighted by molar-refractivity contribution is 5.76. The predicted octanol–water partition coefficient (Wildman–Crippen LogP) is 3.81. The molecule has 0 saturated carbocycles. The molecule has 0 saturated heterocycles. The van der Waals surface area contributed by atoms with Crippen molar-refractivity contribution in [1.82, 2.24) is 19.3 Å². The van der Waals surface area contributed by atoms with Crippen molar-refractivity contribution < 1.29 is 0 Å². The van der Waals surface area contributed by atoms with E-state index in [1.54, 1.807) is 0 Å². The van der Waals surface area contributed by atoms with E-state index in [0.29, 0.717) is 6.04 Å². The van der Waals surface area contributed by atoms with Gasteiger partial charge in [0.2, 0.25) is 0 Å². The quantitative estimate of drug-likeness (QED) is 0.713. The summed E-state index contributed by atoms with van der Waals surface area (Å²) >= 11 is 0. The number of benzene rings is 1. The Bertz CT molecular complexity index is 738. The lowest BCUT2D eigenvalue weighted by molar-refractivity contribution is 0.472. The van der Waals surface area contributed by atoms with Gasteiger partial charge in [-0.25, -0.2) is 4.98 Å². The summed E-state index contributed by atoms with van der Waals surface area (Å²) in [5.41, 5.74) is 3.34. The van der Waals surface area contributed by atoms with Crippen molar-refractivity contribution in [3.05, 3.63) is 48.0 Å². The number of imidazole rings is 1. The van der Waals surface area contributed by atoms with E-state index >= 15 is 0 Å². The van der Waals surface area contributed by atoms with Gasteiger partial charge in [0.1, 0.15) is 5.82 Å². The molecule has 2 aromatic heterocycles. The molecule has 0 N–H and O–H groups in total. The van der Waals surface area contributed by atoms with Crippen LogP contribution in [0.15, 0.2) is 36.5 Å². The molecule has 0 aliphatic heterocycles. The molecule has 0 fully saturated rings. The van der Waals surface area contributed by atoms with E-state index in [2.05, 4.69) is 60.5 Å². The SMILES string of the molecule is CCc1nc2ccccc2n1Cc1ccn(C(C)CC)n1. The summed E-state index contributed by atoms with van der Waals surface area (Å²) in [6.45, 7) is 7.31. The molecule has 0 aliphatic rings. The van der Waals surface area contributed by atoms with Gasteiger partial charge in [-0.15, -0.1) is 0 Å². The van der Waals surface area contributed by atoms with Crippen LogP contribution in [0.25, 0.3) is 11.0 Å². The maximum absolute atomic E-state index is 4.71. The molecule has 0 aliphatic carbocycles. The van der Waals surface area contributed by atoms with E-state index < -0.39 is 0 Å². The lowest BCUT2D eigenvalue weighted by Gasteiger charge is -2.09. The molecule has 2 heterocycles. The standard InChI is InChI=1S/C17H22N4/c1-4-13(3)21-11-10-14(19-21)12-20-16-9-7-6-8-15(16)18-17(20)5-2/h6-11,13H,4-5,12H2,1-3H3. The summed E-state index contributed by atoms with van der Waals surface area (Å²) in [6, 6.07) is 10.9. The lowest BCUT2D eigenvalue weighted by atomic mass is 10.3. The van der Waals surface area contributed by atoms with Crippen LogP contribution in [0, 0.1) is 0 Å². The van der Waals surface area contributed by atoms with Crippen LogP contribution in [0.3, 0.4) is 0 Å². The highest BCUT2D eigenvalue weighted by Crippen LogP contribution is 2.18. The Labute approximate surface area is 125 Å². The van der Waals surface area contributed by atoms with E-state index in [-0.39, 0.29) is 0 Å². The molecule has 4 nitrogen and oxygen atoms in total. The fourth-order valence-corrected chi connectivity index (χ4v) is 2.63. The molecule has 0 amide bonds. The topological polar surface area (TPSA) is 35.6 Å². The molecular formula is C17H22N4. The minimum atomic E-state index is 0.448. The second kappa shape index (κ2) is 5.72. The maximum Gasteiger partial charge on any atom is 0.109 e. The first-order valence-electron chi connectivity index (χ1n) is 7.71. The molecule has 4 heteroatoms. The van der Waals surface area contributed by atoms with Gasteiger partial charge in [0.05, 0.1) is 23.3 Å². The van der Waals surface area contributed by atoms with Gasteiger partial charge in [-0.1, -0.05) is 26.0 Å². The summed E-state index contributed by atoms with van der Waals surface area (Å²) in [5.74, 6) is 1.12. The number of aryl methyl sites for hydroxylation is 1. The second-order valence-electron chi connectivity index (χ2n) is 5.50. The fourth-order valence-electron chi connectivity index (χ4n) is 2.63. The highest BCUT2D eigenvalue weighted by atomic mass is 15.3. The average Bonchev–Trinajstić information content (AvgIpc) is 3.12. The van der Waals surface area contributed by atoms with Crippen LogP contribution in [-0.2, 0) is 13.0 Å². The van der Waals surface area contributed by atoms with Crippen molar-refractivity contribution in [3.8, 4) is 0 Å². The van der Waals surface area contributed by atoms with Crippen LogP contribution in [0.4, 0.5) is 0 Å². The first kappa shape index (κ1) is 13.9. The summed E-state index contributed by atoms with van der Waals surface area (Å²) in [6.07, 6.45) is 4.10. The summed E-state index contributed by atoms with van der Waals surface area (Å²) < 4.78 is 4.33. The molecule has 21 heavy (non-hydrogen) atoms. The maximum atomic E-state index is 4.71. The van der Waals surface area contributed by atoms with Crippen molar-refractivity contribution in [3.63, 3.8) is 0 Å². The summed E-state index contributed by atoms with van der Waals surface area (Å²) in [5, 5.41) is 4.71. The number of hydrogen-bond donors (Lipinski definition) is 0. The third kappa shape index (κ3) is 2.58. The Hall–Kier alpha value is -2.10. The Kier molecular flexibility index (Phi) is 3.78. The van der Waals surface area contributed by atoms with E-state index in [0.717, 1.165) is 36.4 Å². The van der Waals surface area contributed by atoms with Gasteiger partial charge in [0.15, 0.2) is 0 Å². The van der Waals surface area contributed by atoms with Gasteiger partial charge in [-0.3, -0.25) is 4.68 Å². The van der Waals surface area contributed by atoms with Crippen LogP contribution >= 0.6 is 0 Å². The number of aromatic nitrogens is 4. The van der Waals surface area contributed by atoms with E-state index in [1.165, 1.54) is 5.52 Å². The molecule has 3 aromatic rings. The zero-order chi connectivity index (χ0) is 14.8. The van der Waals surface area contributed by atoms with Crippen LogP contribution in [0.2, 0.25) is 0 Å².